The second-order valence-corrected chi connectivity index (χ2v) is 7.81. The van der Waals surface area contributed by atoms with E-state index in [4.69, 9.17) is 23.2 Å². The number of nitrogens with zero attached hydrogens (tertiary/aromatic N) is 5. The summed E-state index contributed by atoms with van der Waals surface area (Å²) in [6, 6.07) is 14.5. The molecule has 2 aromatic heterocycles. The molecule has 0 bridgehead atoms. The fraction of sp³-hybridized carbons (Fsp3) is 0.0500. The number of benzene rings is 2. The maximum atomic E-state index is 12.5. The van der Waals surface area contributed by atoms with Crippen LogP contribution in [0.5, 0.6) is 0 Å². The van der Waals surface area contributed by atoms with Gasteiger partial charge in [0.2, 0.25) is 5.91 Å². The summed E-state index contributed by atoms with van der Waals surface area (Å²) < 4.78 is 1.84. The van der Waals surface area contributed by atoms with Crippen molar-refractivity contribution in [1.29, 1.82) is 0 Å². The first kappa shape index (κ1) is 20.3. The van der Waals surface area contributed by atoms with Gasteiger partial charge >= 0.3 is 0 Å². The third kappa shape index (κ3) is 4.62. The summed E-state index contributed by atoms with van der Waals surface area (Å²) in [6.07, 6.45) is 4.80. The number of thioether (sulfide) groups is 1. The van der Waals surface area contributed by atoms with Gasteiger partial charge in [-0.25, -0.2) is 4.98 Å². The van der Waals surface area contributed by atoms with Crippen LogP contribution in [-0.4, -0.2) is 36.4 Å². The monoisotopic (exact) mass is 456 g/mol. The lowest BCUT2D eigenvalue weighted by molar-refractivity contribution is -0.113. The molecule has 1 amide bonds. The minimum Gasteiger partial charge on any atom is -0.324 e. The molecular formula is C20H14Cl2N6OS. The highest BCUT2D eigenvalue weighted by molar-refractivity contribution is 7.99. The minimum absolute atomic E-state index is 0.105. The molecule has 4 rings (SSSR count). The van der Waals surface area contributed by atoms with E-state index in [0.29, 0.717) is 32.4 Å². The second-order valence-electron chi connectivity index (χ2n) is 6.03. The van der Waals surface area contributed by atoms with E-state index >= 15 is 0 Å². The molecular weight excluding hydrogens is 443 g/mol. The van der Waals surface area contributed by atoms with Crippen LogP contribution < -0.4 is 5.32 Å². The molecule has 0 saturated heterocycles. The Morgan fingerprint density at radius 1 is 1.07 bits per heavy atom. The van der Waals surface area contributed by atoms with Crippen molar-refractivity contribution in [2.75, 3.05) is 11.1 Å². The maximum absolute atomic E-state index is 12.5. The van der Waals surface area contributed by atoms with Crippen LogP contribution in [0.15, 0.2) is 72.3 Å². The molecule has 4 aromatic rings. The van der Waals surface area contributed by atoms with Crippen LogP contribution in [0.3, 0.4) is 0 Å². The molecule has 0 aliphatic heterocycles. The lowest BCUT2D eigenvalue weighted by Gasteiger charge is -2.10. The van der Waals surface area contributed by atoms with Crippen LogP contribution in [0.25, 0.3) is 17.2 Å². The predicted octanol–water partition coefficient (Wildman–Crippen LogP) is 4.76. The number of aromatic nitrogens is 5. The van der Waals surface area contributed by atoms with Crippen LogP contribution in [0.1, 0.15) is 0 Å². The van der Waals surface area contributed by atoms with Gasteiger partial charge in [0.15, 0.2) is 11.0 Å². The predicted molar refractivity (Wildman–Crippen MR) is 118 cm³/mol. The van der Waals surface area contributed by atoms with Crippen molar-refractivity contribution in [3.8, 4) is 17.2 Å². The summed E-state index contributed by atoms with van der Waals surface area (Å²) >= 11 is 13.3. The third-order valence-electron chi connectivity index (χ3n) is 3.97. The number of amides is 1. The molecule has 0 fully saturated rings. The highest BCUT2D eigenvalue weighted by Crippen LogP contribution is 2.28. The van der Waals surface area contributed by atoms with E-state index in [9.17, 15) is 4.79 Å². The zero-order valence-corrected chi connectivity index (χ0v) is 17.7. The lowest BCUT2D eigenvalue weighted by Crippen LogP contribution is -2.15. The molecule has 0 saturated carbocycles. The summed E-state index contributed by atoms with van der Waals surface area (Å²) in [6.45, 7) is 0. The molecule has 0 spiro atoms. The van der Waals surface area contributed by atoms with E-state index in [1.165, 1.54) is 11.8 Å². The van der Waals surface area contributed by atoms with Gasteiger partial charge in [-0.05, 0) is 30.3 Å². The average Bonchev–Trinajstić information content (AvgIpc) is 3.20. The first-order chi connectivity index (χ1) is 14.6. The zero-order chi connectivity index (χ0) is 20.9. The first-order valence-corrected chi connectivity index (χ1v) is 10.5. The van der Waals surface area contributed by atoms with Crippen LogP contribution in [0.2, 0.25) is 10.0 Å². The normalized spacial score (nSPS) is 10.7. The number of hydrogen-bond acceptors (Lipinski definition) is 6. The first-order valence-electron chi connectivity index (χ1n) is 8.77. The largest absolute Gasteiger partial charge is 0.324 e. The van der Waals surface area contributed by atoms with Crippen molar-refractivity contribution in [3.05, 3.63) is 77.2 Å². The molecule has 2 aromatic carbocycles. The Morgan fingerprint density at radius 2 is 1.90 bits per heavy atom. The molecule has 150 valence electrons. The summed E-state index contributed by atoms with van der Waals surface area (Å²) in [4.78, 5) is 20.9. The van der Waals surface area contributed by atoms with Crippen molar-refractivity contribution in [2.24, 2.45) is 0 Å². The van der Waals surface area contributed by atoms with Gasteiger partial charge in [0.05, 0.1) is 22.7 Å². The number of hydrogen-bond donors (Lipinski definition) is 1. The smallest absolute Gasteiger partial charge is 0.234 e. The highest BCUT2D eigenvalue weighted by Gasteiger charge is 2.18. The fourth-order valence-electron chi connectivity index (χ4n) is 2.66. The molecule has 7 nitrogen and oxygen atoms in total. The van der Waals surface area contributed by atoms with E-state index in [1.807, 2.05) is 34.9 Å². The van der Waals surface area contributed by atoms with E-state index < -0.39 is 0 Å². The molecule has 10 heteroatoms. The number of para-hydroxylation sites is 1. The number of anilines is 1. The average molecular weight is 457 g/mol. The highest BCUT2D eigenvalue weighted by atomic mass is 35.5. The van der Waals surface area contributed by atoms with Crippen molar-refractivity contribution in [1.82, 2.24) is 24.7 Å². The quantitative estimate of drug-likeness (QED) is 0.420. The topological polar surface area (TPSA) is 85.6 Å². The minimum atomic E-state index is -0.243. The summed E-state index contributed by atoms with van der Waals surface area (Å²) in [5.41, 5.74) is 1.89. The number of carbonyl (C=O) groups is 1. The Hall–Kier alpha value is -2.94. The van der Waals surface area contributed by atoms with E-state index in [-0.39, 0.29) is 11.7 Å². The van der Waals surface area contributed by atoms with E-state index in [2.05, 4.69) is 25.5 Å². The van der Waals surface area contributed by atoms with Gasteiger partial charge in [-0.15, -0.1) is 10.2 Å². The molecule has 30 heavy (non-hydrogen) atoms. The van der Waals surface area contributed by atoms with E-state index in [0.717, 1.165) is 5.69 Å². The maximum Gasteiger partial charge on any atom is 0.234 e. The van der Waals surface area contributed by atoms with Crippen LogP contribution in [0.4, 0.5) is 5.69 Å². The molecule has 0 aliphatic carbocycles. The van der Waals surface area contributed by atoms with Gasteiger partial charge in [0.1, 0.15) is 5.69 Å². The molecule has 0 radical (unpaired) electrons. The number of carbonyl (C=O) groups excluding carboxylic acids is 1. The molecule has 0 atom stereocenters. The molecule has 0 aliphatic rings. The molecule has 1 N–H and O–H groups in total. The summed E-state index contributed by atoms with van der Waals surface area (Å²) in [5.74, 6) is 0.400. The van der Waals surface area contributed by atoms with Crippen molar-refractivity contribution in [2.45, 2.75) is 5.16 Å². The Labute approximate surface area is 186 Å². The lowest BCUT2D eigenvalue weighted by atomic mass is 10.3. The van der Waals surface area contributed by atoms with Crippen LogP contribution in [-0.2, 0) is 4.79 Å². The van der Waals surface area contributed by atoms with Gasteiger partial charge in [-0.2, -0.15) is 0 Å². The van der Waals surface area contributed by atoms with Crippen molar-refractivity contribution in [3.63, 3.8) is 0 Å². The number of rotatable bonds is 6. The Bertz CT molecular complexity index is 1170. The van der Waals surface area contributed by atoms with Gasteiger partial charge in [-0.1, -0.05) is 53.2 Å². The van der Waals surface area contributed by atoms with Crippen LogP contribution in [0, 0.1) is 0 Å². The second kappa shape index (κ2) is 9.25. The Kier molecular flexibility index (Phi) is 6.27. The van der Waals surface area contributed by atoms with Gasteiger partial charge in [0.25, 0.3) is 0 Å². The van der Waals surface area contributed by atoms with Crippen molar-refractivity contribution < 1.29 is 4.79 Å². The summed E-state index contributed by atoms with van der Waals surface area (Å²) in [5, 5.41) is 12.7. The zero-order valence-electron chi connectivity index (χ0n) is 15.4. The Morgan fingerprint density at radius 3 is 2.67 bits per heavy atom. The van der Waals surface area contributed by atoms with Crippen LogP contribution >= 0.6 is 35.0 Å². The van der Waals surface area contributed by atoms with Crippen molar-refractivity contribution >= 4 is 46.6 Å². The number of nitrogens with one attached hydrogen (secondary N) is 1. The Balaban J connectivity index is 1.58. The van der Waals surface area contributed by atoms with Gasteiger partial charge < -0.3 is 5.32 Å². The number of halogens is 2. The van der Waals surface area contributed by atoms with Gasteiger partial charge in [0, 0.05) is 23.1 Å². The molecule has 2 heterocycles. The summed E-state index contributed by atoms with van der Waals surface area (Å²) in [7, 11) is 0. The fourth-order valence-corrected chi connectivity index (χ4v) is 3.75. The SMILES string of the molecule is O=C(CSc1nnc(-c2cnccn2)n1-c1ccccc1)Nc1cc(Cl)ccc1Cl. The third-order valence-corrected chi connectivity index (χ3v) is 5.47. The van der Waals surface area contributed by atoms with Gasteiger partial charge in [-0.3, -0.25) is 14.3 Å². The molecule has 0 unspecified atom stereocenters. The standard InChI is InChI=1S/C20H14Cl2N6OS/c21-13-6-7-15(22)16(10-13)25-18(29)12-30-20-27-26-19(17-11-23-8-9-24-17)28(20)14-4-2-1-3-5-14/h1-11H,12H2,(H,25,29). The van der Waals surface area contributed by atoms with E-state index in [1.54, 1.807) is 36.8 Å².